The molecule has 172 valence electrons. The second kappa shape index (κ2) is 9.70. The summed E-state index contributed by atoms with van der Waals surface area (Å²) < 4.78 is 27.1. The fraction of sp³-hybridized carbons (Fsp3) is 0.455. The molecule has 1 N–H and O–H groups in total. The van der Waals surface area contributed by atoms with Gasteiger partial charge in [-0.25, -0.2) is 8.42 Å². The van der Waals surface area contributed by atoms with Crippen LogP contribution in [-0.2, 0) is 32.6 Å². The van der Waals surface area contributed by atoms with Crippen molar-refractivity contribution >= 4 is 38.9 Å². The number of carbonyl (C=O) groups excluding carboxylic acids is 2. The van der Waals surface area contributed by atoms with E-state index >= 15 is 0 Å². The van der Waals surface area contributed by atoms with Gasteiger partial charge in [0, 0.05) is 62.7 Å². The van der Waals surface area contributed by atoms with Crippen molar-refractivity contribution in [2.75, 3.05) is 45.1 Å². The second-order valence-electron chi connectivity index (χ2n) is 8.21. The van der Waals surface area contributed by atoms with Crippen LogP contribution >= 0.6 is 11.3 Å². The molecule has 0 bridgehead atoms. The number of nitrogens with zero attached hydrogens (tertiary/aromatic N) is 3. The van der Waals surface area contributed by atoms with E-state index in [2.05, 4.69) is 16.3 Å². The van der Waals surface area contributed by atoms with E-state index in [0.717, 1.165) is 6.42 Å². The molecule has 0 unspecified atom stereocenters. The van der Waals surface area contributed by atoms with E-state index in [1.807, 2.05) is 12.4 Å². The Kier molecular flexibility index (Phi) is 6.94. The summed E-state index contributed by atoms with van der Waals surface area (Å²) in [5.74, 6) is -0.285. The number of rotatable bonds is 6. The molecule has 1 aromatic carbocycles. The lowest BCUT2D eigenvalue weighted by Gasteiger charge is -2.31. The number of amides is 2. The van der Waals surface area contributed by atoms with Crippen LogP contribution < -0.4 is 5.32 Å². The molecular weight excluding hydrogens is 448 g/mol. The molecule has 0 spiro atoms. The van der Waals surface area contributed by atoms with Gasteiger partial charge >= 0.3 is 0 Å². The summed E-state index contributed by atoms with van der Waals surface area (Å²) in [5, 5.41) is 4.80. The third kappa shape index (κ3) is 5.20. The van der Waals surface area contributed by atoms with Gasteiger partial charge in [0.15, 0.2) is 0 Å². The minimum Gasteiger partial charge on any atom is -0.338 e. The van der Waals surface area contributed by atoms with Crippen molar-refractivity contribution in [1.82, 2.24) is 14.1 Å². The highest BCUT2D eigenvalue weighted by atomic mass is 32.2. The summed E-state index contributed by atoms with van der Waals surface area (Å²) in [7, 11) is -1.56. The largest absolute Gasteiger partial charge is 0.338 e. The summed E-state index contributed by atoms with van der Waals surface area (Å²) in [4.78, 5) is 30.2. The van der Waals surface area contributed by atoms with Gasteiger partial charge in [-0.3, -0.25) is 9.59 Å². The molecule has 3 heterocycles. The molecule has 4 rings (SSSR count). The van der Waals surface area contributed by atoms with Crippen LogP contribution in [0.5, 0.6) is 0 Å². The van der Waals surface area contributed by atoms with Crippen LogP contribution in [0.1, 0.15) is 23.3 Å². The van der Waals surface area contributed by atoms with E-state index in [4.69, 9.17) is 0 Å². The lowest BCUT2D eigenvalue weighted by molar-refractivity contribution is -0.133. The van der Waals surface area contributed by atoms with Crippen molar-refractivity contribution in [3.8, 4) is 0 Å². The number of hydrogen-bond acceptors (Lipinski definition) is 6. The summed E-state index contributed by atoms with van der Waals surface area (Å²) in [6.45, 7) is 3.65. The molecule has 2 aromatic rings. The molecule has 1 fully saturated rings. The molecule has 1 saturated heterocycles. The van der Waals surface area contributed by atoms with Crippen LogP contribution in [0, 0.1) is 0 Å². The van der Waals surface area contributed by atoms with Crippen LogP contribution in [0.3, 0.4) is 0 Å². The van der Waals surface area contributed by atoms with E-state index in [1.165, 1.54) is 26.9 Å². The van der Waals surface area contributed by atoms with E-state index in [-0.39, 0.29) is 29.6 Å². The Morgan fingerprint density at radius 2 is 1.72 bits per heavy atom. The van der Waals surface area contributed by atoms with Crippen LogP contribution in [0.4, 0.5) is 5.69 Å². The standard InChI is InChI=1S/C22H28N4O4S2/c1-24-11-13-26(14-12-24)32(29,30)19-4-2-18(3-5-19)23-21(27)6-7-22(28)25-10-8-20-17(16-25)9-15-31-20/h2-5,9,15H,6-8,10-14,16H2,1H3,(H,23,27). The van der Waals surface area contributed by atoms with Crippen LogP contribution in [0.25, 0.3) is 0 Å². The number of fused-ring (bicyclic) bond motifs is 1. The molecule has 0 saturated carbocycles. The first-order valence-corrected chi connectivity index (χ1v) is 13.1. The predicted molar refractivity (Wildman–Crippen MR) is 124 cm³/mol. The van der Waals surface area contributed by atoms with Gasteiger partial charge in [0.25, 0.3) is 0 Å². The average molecular weight is 477 g/mol. The number of thiophene rings is 1. The van der Waals surface area contributed by atoms with Crippen molar-refractivity contribution in [2.45, 2.75) is 30.7 Å². The smallest absolute Gasteiger partial charge is 0.243 e. The average Bonchev–Trinajstić information content (AvgIpc) is 3.26. The summed E-state index contributed by atoms with van der Waals surface area (Å²) in [6, 6.07) is 8.26. The molecule has 0 radical (unpaired) electrons. The number of hydrogen-bond donors (Lipinski definition) is 1. The van der Waals surface area contributed by atoms with E-state index < -0.39 is 10.0 Å². The molecule has 1 aromatic heterocycles. The molecule has 2 aliphatic rings. The lowest BCUT2D eigenvalue weighted by atomic mass is 10.1. The highest BCUT2D eigenvalue weighted by Crippen LogP contribution is 2.24. The fourth-order valence-corrected chi connectivity index (χ4v) is 6.26. The number of likely N-dealkylation sites (N-methyl/N-ethyl adjacent to an activating group) is 1. The van der Waals surface area contributed by atoms with Crippen LogP contribution in [0.15, 0.2) is 40.6 Å². The Morgan fingerprint density at radius 1 is 1.00 bits per heavy atom. The Balaban J connectivity index is 1.27. The minimum absolute atomic E-state index is 0.0226. The maximum absolute atomic E-state index is 12.8. The van der Waals surface area contributed by atoms with Crippen LogP contribution in [-0.4, -0.2) is 74.1 Å². The van der Waals surface area contributed by atoms with Gasteiger partial charge in [0.2, 0.25) is 21.8 Å². The number of sulfonamides is 1. The zero-order chi connectivity index (χ0) is 22.7. The third-order valence-corrected chi connectivity index (χ3v) is 8.90. The van der Waals surface area contributed by atoms with Crippen LogP contribution in [0.2, 0.25) is 0 Å². The van der Waals surface area contributed by atoms with Gasteiger partial charge in [-0.15, -0.1) is 11.3 Å². The first kappa shape index (κ1) is 22.9. The van der Waals surface area contributed by atoms with E-state index in [0.29, 0.717) is 45.0 Å². The second-order valence-corrected chi connectivity index (χ2v) is 11.2. The van der Waals surface area contributed by atoms with Crippen molar-refractivity contribution in [1.29, 1.82) is 0 Å². The molecule has 2 aliphatic heterocycles. The summed E-state index contributed by atoms with van der Waals surface area (Å²) in [6.07, 6.45) is 1.11. The molecule has 8 nitrogen and oxygen atoms in total. The van der Waals surface area contributed by atoms with Gasteiger partial charge in [0.05, 0.1) is 4.90 Å². The Morgan fingerprint density at radius 3 is 2.44 bits per heavy atom. The first-order valence-electron chi connectivity index (χ1n) is 10.7. The third-order valence-electron chi connectivity index (χ3n) is 5.96. The molecule has 32 heavy (non-hydrogen) atoms. The molecule has 0 aliphatic carbocycles. The zero-order valence-electron chi connectivity index (χ0n) is 18.1. The number of anilines is 1. The molecule has 10 heteroatoms. The minimum atomic E-state index is -3.54. The predicted octanol–water partition coefficient (Wildman–Crippen LogP) is 1.99. The summed E-state index contributed by atoms with van der Waals surface area (Å²) >= 11 is 1.72. The zero-order valence-corrected chi connectivity index (χ0v) is 19.8. The highest BCUT2D eigenvalue weighted by molar-refractivity contribution is 7.89. The highest BCUT2D eigenvalue weighted by Gasteiger charge is 2.27. The fourth-order valence-electron chi connectivity index (χ4n) is 3.95. The van der Waals surface area contributed by atoms with Gasteiger partial charge in [-0.2, -0.15) is 4.31 Å². The molecule has 0 atom stereocenters. The number of nitrogens with one attached hydrogen (secondary N) is 1. The maximum atomic E-state index is 12.8. The van der Waals surface area contributed by atoms with E-state index in [1.54, 1.807) is 28.4 Å². The number of benzene rings is 1. The van der Waals surface area contributed by atoms with Gasteiger partial charge < -0.3 is 15.1 Å². The normalized spacial score (nSPS) is 17.7. The first-order chi connectivity index (χ1) is 15.3. The van der Waals surface area contributed by atoms with Gasteiger partial charge in [0.1, 0.15) is 0 Å². The SMILES string of the molecule is CN1CCN(S(=O)(=O)c2ccc(NC(=O)CCC(=O)N3CCc4sccc4C3)cc2)CC1. The Hall–Kier alpha value is -2.27. The molecule has 2 amide bonds. The Bertz CT molecular complexity index is 1070. The summed E-state index contributed by atoms with van der Waals surface area (Å²) in [5.41, 5.74) is 1.71. The monoisotopic (exact) mass is 476 g/mol. The van der Waals surface area contributed by atoms with Gasteiger partial charge in [-0.1, -0.05) is 0 Å². The lowest BCUT2D eigenvalue weighted by Crippen LogP contribution is -2.46. The Labute approximate surface area is 192 Å². The quantitative estimate of drug-likeness (QED) is 0.689. The number of piperazine rings is 1. The van der Waals surface area contributed by atoms with Crippen molar-refractivity contribution in [3.63, 3.8) is 0 Å². The van der Waals surface area contributed by atoms with Crippen molar-refractivity contribution < 1.29 is 18.0 Å². The van der Waals surface area contributed by atoms with Crippen molar-refractivity contribution in [2.24, 2.45) is 0 Å². The molecular formula is C22H28N4O4S2. The van der Waals surface area contributed by atoms with Crippen molar-refractivity contribution in [3.05, 3.63) is 46.2 Å². The maximum Gasteiger partial charge on any atom is 0.243 e. The van der Waals surface area contributed by atoms with Gasteiger partial charge in [-0.05, 0) is 54.7 Å². The topological polar surface area (TPSA) is 90.0 Å². The van der Waals surface area contributed by atoms with E-state index in [9.17, 15) is 18.0 Å². The number of carbonyl (C=O) groups is 2.